The highest BCUT2D eigenvalue weighted by Gasteiger charge is 2.30. The summed E-state index contributed by atoms with van der Waals surface area (Å²) in [5.74, 6) is -0.175. The number of nitro benzene ring substituents is 1. The van der Waals surface area contributed by atoms with Crippen molar-refractivity contribution in [1.29, 1.82) is 0 Å². The maximum absolute atomic E-state index is 12.9. The number of rotatable bonds is 7. The first-order valence-corrected chi connectivity index (χ1v) is 7.86. The number of nitrogens with one attached hydrogen (secondary N) is 1. The highest BCUT2D eigenvalue weighted by atomic mass is 19.3. The average Bonchev–Trinajstić information content (AvgIpc) is 3.34. The first kappa shape index (κ1) is 17.8. The van der Waals surface area contributed by atoms with E-state index in [0.29, 0.717) is 5.69 Å². The van der Waals surface area contributed by atoms with Gasteiger partial charge < -0.3 is 10.1 Å². The molecule has 26 heavy (non-hydrogen) atoms. The SMILES string of the molecule is COc1cc(NC(=O)Cn2nc(C(F)F)cc2C2CC2)cc([N+](=O)[O-])c1. The lowest BCUT2D eigenvalue weighted by Gasteiger charge is -2.09. The van der Waals surface area contributed by atoms with E-state index in [1.54, 1.807) is 0 Å². The molecule has 0 radical (unpaired) electrons. The number of alkyl halides is 2. The van der Waals surface area contributed by atoms with Crippen LogP contribution in [0.15, 0.2) is 24.3 Å². The number of ether oxygens (including phenoxy) is 1. The molecular formula is C16H16F2N4O4. The zero-order valence-corrected chi connectivity index (χ0v) is 13.8. The van der Waals surface area contributed by atoms with E-state index >= 15 is 0 Å². The number of carbonyl (C=O) groups excluding carboxylic acids is 1. The number of methoxy groups -OCH3 is 1. The Morgan fingerprint density at radius 2 is 2.15 bits per heavy atom. The summed E-state index contributed by atoms with van der Waals surface area (Å²) in [5.41, 5.74) is 0.177. The second-order valence-electron chi connectivity index (χ2n) is 5.95. The van der Waals surface area contributed by atoms with E-state index in [4.69, 9.17) is 4.74 Å². The fraction of sp³-hybridized carbons (Fsp3) is 0.375. The van der Waals surface area contributed by atoms with Crippen molar-refractivity contribution in [2.24, 2.45) is 0 Å². The maximum atomic E-state index is 12.9. The van der Waals surface area contributed by atoms with Crippen molar-refractivity contribution in [1.82, 2.24) is 9.78 Å². The van der Waals surface area contributed by atoms with Crippen LogP contribution in [0.3, 0.4) is 0 Å². The zero-order valence-electron chi connectivity index (χ0n) is 13.8. The van der Waals surface area contributed by atoms with Crippen molar-refractivity contribution in [2.45, 2.75) is 31.7 Å². The van der Waals surface area contributed by atoms with Crippen LogP contribution in [0.2, 0.25) is 0 Å². The molecule has 0 bridgehead atoms. The summed E-state index contributed by atoms with van der Waals surface area (Å²) in [7, 11) is 1.35. The van der Waals surface area contributed by atoms with Gasteiger partial charge in [-0.05, 0) is 18.9 Å². The molecule has 1 fully saturated rings. The summed E-state index contributed by atoms with van der Waals surface area (Å²) in [4.78, 5) is 22.6. The van der Waals surface area contributed by atoms with Crippen LogP contribution in [0.1, 0.15) is 36.6 Å². The zero-order chi connectivity index (χ0) is 18.8. The lowest BCUT2D eigenvalue weighted by molar-refractivity contribution is -0.384. The molecule has 3 rings (SSSR count). The van der Waals surface area contributed by atoms with E-state index in [1.165, 1.54) is 36.1 Å². The molecule has 1 aliphatic carbocycles. The number of hydrogen-bond donors (Lipinski definition) is 1. The van der Waals surface area contributed by atoms with Gasteiger partial charge in [0.2, 0.25) is 5.91 Å². The molecule has 1 aliphatic rings. The van der Waals surface area contributed by atoms with Gasteiger partial charge in [0.25, 0.3) is 12.1 Å². The fourth-order valence-electron chi connectivity index (χ4n) is 2.61. The van der Waals surface area contributed by atoms with Gasteiger partial charge >= 0.3 is 0 Å². The van der Waals surface area contributed by atoms with E-state index in [0.717, 1.165) is 12.8 Å². The van der Waals surface area contributed by atoms with Crippen molar-refractivity contribution < 1.29 is 23.2 Å². The maximum Gasteiger partial charge on any atom is 0.282 e. The minimum atomic E-state index is -2.71. The van der Waals surface area contributed by atoms with Crippen LogP contribution in [0.25, 0.3) is 0 Å². The number of aromatic nitrogens is 2. The van der Waals surface area contributed by atoms with Crippen molar-refractivity contribution in [3.63, 3.8) is 0 Å². The quantitative estimate of drug-likeness (QED) is 0.599. The molecule has 1 aromatic carbocycles. The van der Waals surface area contributed by atoms with Gasteiger partial charge in [0.15, 0.2) is 0 Å². The summed E-state index contributed by atoms with van der Waals surface area (Å²) >= 11 is 0. The van der Waals surface area contributed by atoms with Crippen LogP contribution in [-0.4, -0.2) is 27.7 Å². The second-order valence-corrected chi connectivity index (χ2v) is 5.95. The van der Waals surface area contributed by atoms with E-state index in [-0.39, 0.29) is 35.3 Å². The van der Waals surface area contributed by atoms with Crippen molar-refractivity contribution in [3.8, 4) is 5.75 Å². The lowest BCUT2D eigenvalue weighted by Crippen LogP contribution is -2.21. The standard InChI is InChI=1S/C16H16F2N4O4/c1-26-12-5-10(4-11(6-12)22(24)25)19-15(23)8-21-14(9-2-3-9)7-13(20-21)16(17)18/h4-7,9,16H,2-3,8H2,1H3,(H,19,23). The summed E-state index contributed by atoms with van der Waals surface area (Å²) in [6.07, 6.45) is -0.964. The first-order chi connectivity index (χ1) is 12.4. The molecule has 1 amide bonds. The Morgan fingerprint density at radius 1 is 1.42 bits per heavy atom. The normalized spacial score (nSPS) is 13.7. The number of anilines is 1. The first-order valence-electron chi connectivity index (χ1n) is 7.86. The topological polar surface area (TPSA) is 99.3 Å². The fourth-order valence-corrected chi connectivity index (χ4v) is 2.61. The summed E-state index contributed by atoms with van der Waals surface area (Å²) in [6, 6.07) is 5.17. The molecule has 1 aromatic heterocycles. The molecule has 1 N–H and O–H groups in total. The number of halogens is 2. The Hall–Kier alpha value is -3.04. The molecule has 138 valence electrons. The van der Waals surface area contributed by atoms with Gasteiger partial charge in [-0.25, -0.2) is 8.78 Å². The predicted molar refractivity (Wildman–Crippen MR) is 87.4 cm³/mol. The van der Waals surface area contributed by atoms with Crippen molar-refractivity contribution in [3.05, 3.63) is 45.8 Å². The van der Waals surface area contributed by atoms with Gasteiger partial charge in [0, 0.05) is 23.7 Å². The van der Waals surface area contributed by atoms with E-state index < -0.39 is 17.3 Å². The molecule has 8 nitrogen and oxygen atoms in total. The van der Waals surface area contributed by atoms with E-state index in [1.807, 2.05) is 0 Å². The van der Waals surface area contributed by atoms with Crippen LogP contribution in [0.5, 0.6) is 5.75 Å². The molecule has 1 saturated carbocycles. The van der Waals surface area contributed by atoms with Gasteiger partial charge in [-0.3, -0.25) is 19.6 Å². The Balaban J connectivity index is 1.77. The molecule has 10 heteroatoms. The van der Waals surface area contributed by atoms with Gasteiger partial charge in [-0.1, -0.05) is 0 Å². The van der Waals surface area contributed by atoms with Crippen LogP contribution in [0.4, 0.5) is 20.2 Å². The van der Waals surface area contributed by atoms with Crippen molar-refractivity contribution in [2.75, 3.05) is 12.4 Å². The van der Waals surface area contributed by atoms with Crippen molar-refractivity contribution >= 4 is 17.3 Å². The number of amides is 1. The number of nitro groups is 1. The molecule has 0 saturated heterocycles. The lowest BCUT2D eigenvalue weighted by atomic mass is 10.2. The van der Waals surface area contributed by atoms with Crippen LogP contribution in [-0.2, 0) is 11.3 Å². The Morgan fingerprint density at radius 3 is 2.73 bits per heavy atom. The molecule has 1 heterocycles. The number of carbonyl (C=O) groups is 1. The number of nitrogens with zero attached hydrogens (tertiary/aromatic N) is 3. The van der Waals surface area contributed by atoms with Crippen LogP contribution in [0, 0.1) is 10.1 Å². The second kappa shape index (κ2) is 7.06. The predicted octanol–water partition coefficient (Wildman–Crippen LogP) is 3.25. The molecule has 0 spiro atoms. The highest BCUT2D eigenvalue weighted by molar-refractivity contribution is 5.91. The van der Waals surface area contributed by atoms with Gasteiger partial charge in [0.05, 0.1) is 23.8 Å². The van der Waals surface area contributed by atoms with Gasteiger partial charge in [-0.15, -0.1) is 0 Å². The van der Waals surface area contributed by atoms with Crippen LogP contribution >= 0.6 is 0 Å². The Kier molecular flexibility index (Phi) is 4.83. The molecular weight excluding hydrogens is 350 g/mol. The van der Waals surface area contributed by atoms with E-state index in [2.05, 4.69) is 10.4 Å². The largest absolute Gasteiger partial charge is 0.496 e. The number of non-ortho nitro benzene ring substituents is 1. The minimum absolute atomic E-state index is 0.140. The summed E-state index contributed by atoms with van der Waals surface area (Å²) < 4.78 is 32.0. The number of benzene rings is 1. The third kappa shape index (κ3) is 3.95. The number of hydrogen-bond acceptors (Lipinski definition) is 5. The Labute approximate surface area is 146 Å². The third-order valence-electron chi connectivity index (χ3n) is 3.96. The minimum Gasteiger partial charge on any atom is -0.496 e. The smallest absolute Gasteiger partial charge is 0.282 e. The monoisotopic (exact) mass is 366 g/mol. The molecule has 2 aromatic rings. The van der Waals surface area contributed by atoms with Gasteiger partial charge in [-0.2, -0.15) is 5.10 Å². The summed E-state index contributed by atoms with van der Waals surface area (Å²) in [5, 5.41) is 17.3. The Bertz CT molecular complexity index is 849. The van der Waals surface area contributed by atoms with E-state index in [9.17, 15) is 23.7 Å². The average molecular weight is 366 g/mol. The molecule has 0 aliphatic heterocycles. The summed E-state index contributed by atoms with van der Waals surface area (Å²) in [6.45, 7) is -0.260. The molecule has 0 atom stereocenters. The third-order valence-corrected chi connectivity index (χ3v) is 3.96. The van der Waals surface area contributed by atoms with Gasteiger partial charge in [0.1, 0.15) is 18.0 Å². The molecule has 0 unspecified atom stereocenters. The highest BCUT2D eigenvalue weighted by Crippen LogP contribution is 2.41. The van der Waals surface area contributed by atoms with Crippen LogP contribution < -0.4 is 10.1 Å².